The van der Waals surface area contributed by atoms with Gasteiger partial charge in [0.1, 0.15) is 60.7 Å². The van der Waals surface area contributed by atoms with Gasteiger partial charge in [-0.25, -0.2) is 4.39 Å². The molecule has 188 valence electrons. The number of piperidine rings is 1. The average Bonchev–Trinajstić information content (AvgIpc) is 3.36. The summed E-state index contributed by atoms with van der Waals surface area (Å²) >= 11 is 7.85. The Morgan fingerprint density at radius 1 is 1.03 bits per heavy atom. The number of likely N-dealkylation sites (tertiary alicyclic amines) is 1. The van der Waals surface area contributed by atoms with Crippen LogP contribution in [0.4, 0.5) is 4.39 Å². The molecule has 1 aromatic carbocycles. The molecule has 37 heavy (non-hydrogen) atoms. The Balaban J connectivity index is 1.89. The largest absolute Gasteiger partial charge is 0.352 e. The van der Waals surface area contributed by atoms with Crippen molar-refractivity contribution in [3.63, 3.8) is 0 Å². The third-order valence-electron chi connectivity index (χ3n) is 10.4. The monoisotopic (exact) mass is 533 g/mol. The number of carbonyl (C=O) groups is 2. The van der Waals surface area contributed by atoms with Gasteiger partial charge >= 0.3 is 0 Å². The Labute approximate surface area is 239 Å². The van der Waals surface area contributed by atoms with Crippen molar-refractivity contribution >= 4 is 114 Å². The molecule has 1 aromatic rings. The van der Waals surface area contributed by atoms with E-state index < -0.39 is 5.82 Å². The van der Waals surface area contributed by atoms with Crippen LogP contribution in [-0.4, -0.2) is 134 Å². The van der Waals surface area contributed by atoms with Gasteiger partial charge in [0.05, 0.1) is 30.1 Å². The number of hydrogen-bond donors (Lipinski definition) is 2. The number of thioether (sulfide) groups is 1. The van der Waals surface area contributed by atoms with Crippen LogP contribution in [0.25, 0.3) is 0 Å². The van der Waals surface area contributed by atoms with Gasteiger partial charge in [-0.3, -0.25) is 9.59 Å². The summed E-state index contributed by atoms with van der Waals surface area (Å²) in [7, 11) is 21.9. The number of rotatable bonds is 7. The van der Waals surface area contributed by atoms with Gasteiger partial charge in [-0.1, -0.05) is 21.9 Å². The molecule has 0 radical (unpaired) electrons. The molecule has 2 aliphatic heterocycles. The highest BCUT2D eigenvalue weighted by molar-refractivity contribution is 8.11. The Morgan fingerprint density at radius 2 is 1.59 bits per heavy atom. The molecule has 5 nitrogen and oxygen atoms in total. The molecule has 2 fully saturated rings. The van der Waals surface area contributed by atoms with Gasteiger partial charge < -0.3 is 15.5 Å². The second-order valence-electron chi connectivity index (χ2n) is 14.1. The topological polar surface area (TPSA) is 61.4 Å². The number of halogens is 2. The van der Waals surface area contributed by atoms with Gasteiger partial charge in [-0.05, 0) is 42.7 Å². The van der Waals surface area contributed by atoms with Crippen LogP contribution in [0.5, 0.6) is 0 Å². The average molecular weight is 532 g/mol. The molecule has 0 bridgehead atoms. The Bertz CT molecular complexity index is 1120. The van der Waals surface area contributed by atoms with E-state index in [9.17, 15) is 14.0 Å². The minimum atomic E-state index is -0.537. The molecule has 0 saturated carbocycles. The summed E-state index contributed by atoms with van der Waals surface area (Å²) < 4.78 is 13.4. The molecule has 2 aliphatic rings. The van der Waals surface area contributed by atoms with Crippen molar-refractivity contribution in [3.8, 4) is 0 Å². The normalized spacial score (nSPS) is 28.0. The van der Waals surface area contributed by atoms with Crippen LogP contribution in [-0.2, 0) is 4.79 Å². The van der Waals surface area contributed by atoms with E-state index in [1.807, 2.05) is 11.8 Å². The fourth-order valence-corrected chi connectivity index (χ4v) is 8.44. The zero-order valence-electron chi connectivity index (χ0n) is 24.6. The summed E-state index contributed by atoms with van der Waals surface area (Å²) in [4.78, 5) is 28.8. The molecular weight excluding hydrogens is 497 g/mol. The molecule has 2 amide bonds. The zero-order chi connectivity index (χ0) is 28.6. The van der Waals surface area contributed by atoms with Gasteiger partial charge in [-0.2, -0.15) is 11.8 Å². The lowest BCUT2D eigenvalue weighted by atomic mass is 9.22. The first-order valence-corrected chi connectivity index (χ1v) is 14.2. The number of amides is 2. The van der Waals surface area contributed by atoms with Crippen molar-refractivity contribution < 1.29 is 14.0 Å². The maximum absolute atomic E-state index is 13.9. The molecule has 18 heteroatoms. The Kier molecular flexibility index (Phi) is 7.67. The third-order valence-corrected chi connectivity index (χ3v) is 13.1. The summed E-state index contributed by atoms with van der Waals surface area (Å²) in [5.74, 6) is -0.872. The molecular formula is C19H35B10ClFN3O2S. The highest BCUT2D eigenvalue weighted by Crippen LogP contribution is 2.79. The zero-order valence-corrected chi connectivity index (χ0v) is 26.1. The van der Waals surface area contributed by atoms with Crippen molar-refractivity contribution in [1.29, 1.82) is 0 Å². The molecule has 2 saturated heterocycles. The summed E-state index contributed by atoms with van der Waals surface area (Å²) in [6.45, 7) is 4.85. The van der Waals surface area contributed by atoms with Crippen LogP contribution in [0.2, 0.25) is 15.3 Å². The van der Waals surface area contributed by atoms with Crippen LogP contribution in [0.1, 0.15) is 24.2 Å². The second-order valence-corrected chi connectivity index (χ2v) is 16.2. The molecule has 2 unspecified atom stereocenters. The van der Waals surface area contributed by atoms with E-state index in [-0.39, 0.29) is 64.9 Å². The number of benzene rings is 1. The van der Waals surface area contributed by atoms with Gasteiger partial charge in [0.15, 0.2) is 0 Å². The van der Waals surface area contributed by atoms with E-state index in [2.05, 4.69) is 108 Å². The molecule has 2 N–H and O–H groups in total. The highest BCUT2D eigenvalue weighted by Gasteiger charge is 2.82. The lowest BCUT2D eigenvalue weighted by Crippen LogP contribution is -2.82. The number of fused-ring (bicyclic) bond motifs is 1. The quantitative estimate of drug-likeness (QED) is 0.271. The first-order valence-electron chi connectivity index (χ1n) is 13.0. The van der Waals surface area contributed by atoms with Crippen LogP contribution < -0.4 is 10.6 Å². The Hall–Kier alpha value is -0.661. The lowest BCUT2D eigenvalue weighted by Gasteiger charge is -2.66. The molecule has 2 atom stereocenters. The van der Waals surface area contributed by atoms with Crippen LogP contribution >= 0.6 is 23.4 Å². The smallest absolute Gasteiger partial charge is 0.251 e. The molecule has 0 spiro atoms. The fraction of sp³-hybridized carbons (Fsp3) is 0.579. The number of nitrogens with one attached hydrogen (secondary N) is 2. The number of nitrogens with zero attached hydrogens (tertiary/aromatic N) is 1. The van der Waals surface area contributed by atoms with Gasteiger partial charge in [0.25, 0.3) is 5.91 Å². The predicted molar refractivity (Wildman–Crippen MR) is 182 cm³/mol. The van der Waals surface area contributed by atoms with Crippen LogP contribution in [0, 0.1) is 5.82 Å². The van der Waals surface area contributed by atoms with E-state index in [1.54, 1.807) is 0 Å². The summed E-state index contributed by atoms with van der Waals surface area (Å²) in [5.41, 5.74) is -0.156. The van der Waals surface area contributed by atoms with Crippen LogP contribution in [0.3, 0.4) is 0 Å². The lowest BCUT2D eigenvalue weighted by molar-refractivity contribution is -0.125. The number of hydrogen-bond acceptors (Lipinski definition) is 4. The van der Waals surface area contributed by atoms with E-state index in [1.165, 1.54) is 18.2 Å². The van der Waals surface area contributed by atoms with Crippen molar-refractivity contribution in [2.45, 2.75) is 49.8 Å². The van der Waals surface area contributed by atoms with E-state index in [0.717, 1.165) is 0 Å². The standard InChI is InChI=1S/C19H35B10ClFN3O2S/c1-13(2,17(23,24)25)33-11(35)6-34-18(26,27)15(20,21)14(16(22,37-14)19(34,28)29)7-32-12(36)8-3-9(30)5-10(31)4-8/h3-5H,6-7,20-29H2,1-2H3,(H,32,36)(H,33,35). The van der Waals surface area contributed by atoms with Crippen molar-refractivity contribution in [3.05, 3.63) is 34.6 Å². The van der Waals surface area contributed by atoms with E-state index >= 15 is 0 Å². The summed E-state index contributed by atoms with van der Waals surface area (Å²) in [6.07, 6.45) is 0. The minimum Gasteiger partial charge on any atom is -0.352 e. The van der Waals surface area contributed by atoms with E-state index in [0.29, 0.717) is 6.54 Å². The number of carbonyl (C=O) groups excluding carboxylic acids is 2. The third kappa shape index (κ3) is 4.71. The maximum Gasteiger partial charge on any atom is 0.251 e. The minimum absolute atomic E-state index is 0.00918. The highest BCUT2D eigenvalue weighted by atomic mass is 35.5. The molecule has 2 heterocycles. The molecule has 0 aliphatic carbocycles. The second kappa shape index (κ2) is 9.19. The maximum atomic E-state index is 13.9. The summed E-state index contributed by atoms with van der Waals surface area (Å²) in [6, 6.07) is 3.88. The van der Waals surface area contributed by atoms with Gasteiger partial charge in [0.2, 0.25) is 5.91 Å². The first kappa shape index (κ1) is 30.9. The van der Waals surface area contributed by atoms with Crippen molar-refractivity contribution in [2.75, 3.05) is 13.1 Å². The first-order chi connectivity index (χ1) is 16.5. The molecule has 0 aromatic heterocycles. The summed E-state index contributed by atoms with van der Waals surface area (Å²) in [5, 5.41) is 5.44. The fourth-order valence-electron chi connectivity index (χ4n) is 5.99. The SMILES string of the molecule is BC(B)(B)C(C)(C)NC(=O)CN1C(B)(B)C(B)(B)C2(CNC(=O)c3cc(F)cc(Cl)c3)SC2(B)C1(B)B. The van der Waals surface area contributed by atoms with Crippen molar-refractivity contribution in [1.82, 2.24) is 15.5 Å². The Morgan fingerprint density at radius 3 is 2.11 bits per heavy atom. The predicted octanol–water partition coefficient (Wildman–Crippen LogP) is -7.57. The van der Waals surface area contributed by atoms with Gasteiger partial charge in [0, 0.05) is 32.1 Å². The van der Waals surface area contributed by atoms with Crippen LogP contribution in [0.15, 0.2) is 18.2 Å². The van der Waals surface area contributed by atoms with Crippen molar-refractivity contribution in [2.24, 2.45) is 0 Å². The van der Waals surface area contributed by atoms with E-state index in [4.69, 9.17) is 11.6 Å². The van der Waals surface area contributed by atoms with Gasteiger partial charge in [-0.15, -0.1) is 0 Å². The molecule has 3 rings (SSSR count).